The van der Waals surface area contributed by atoms with E-state index in [4.69, 9.17) is 4.74 Å². The summed E-state index contributed by atoms with van der Waals surface area (Å²) in [6, 6.07) is 1.94. The highest BCUT2D eigenvalue weighted by Crippen LogP contribution is 2.24. The molecule has 0 atom stereocenters. The largest absolute Gasteiger partial charge is 0.474 e. The van der Waals surface area contributed by atoms with E-state index >= 15 is 0 Å². The molecule has 0 spiro atoms. The standard InChI is InChI=1S/C15H25N3O/c1-3-7-13-17-14(16-10-4-2)11-15(18-13)19-12-8-5-6-9-12/h11-12H,3-10H2,1-2H3,(H,16,17,18). The van der Waals surface area contributed by atoms with Crippen LogP contribution in [-0.4, -0.2) is 22.6 Å². The van der Waals surface area contributed by atoms with Crippen molar-refractivity contribution in [1.29, 1.82) is 0 Å². The zero-order valence-corrected chi connectivity index (χ0v) is 12.1. The lowest BCUT2D eigenvalue weighted by Crippen LogP contribution is -2.14. The zero-order valence-electron chi connectivity index (χ0n) is 12.1. The SMILES string of the molecule is CCCNc1cc(OC2CCCC2)nc(CCC)n1. The van der Waals surface area contributed by atoms with Gasteiger partial charge in [0.05, 0.1) is 0 Å². The van der Waals surface area contributed by atoms with Crippen molar-refractivity contribution in [3.63, 3.8) is 0 Å². The second-order valence-electron chi connectivity index (χ2n) is 5.21. The van der Waals surface area contributed by atoms with E-state index in [1.165, 1.54) is 12.8 Å². The van der Waals surface area contributed by atoms with Crippen molar-refractivity contribution in [3.8, 4) is 5.88 Å². The predicted molar refractivity (Wildman–Crippen MR) is 77.7 cm³/mol. The molecule has 106 valence electrons. The summed E-state index contributed by atoms with van der Waals surface area (Å²) in [5.74, 6) is 2.52. The summed E-state index contributed by atoms with van der Waals surface area (Å²) in [6.45, 7) is 5.23. The molecule has 2 rings (SSSR count). The van der Waals surface area contributed by atoms with Gasteiger partial charge >= 0.3 is 0 Å². The number of anilines is 1. The normalized spacial score (nSPS) is 15.7. The van der Waals surface area contributed by atoms with Crippen LogP contribution in [-0.2, 0) is 6.42 Å². The van der Waals surface area contributed by atoms with Gasteiger partial charge in [-0.25, -0.2) is 4.98 Å². The van der Waals surface area contributed by atoms with Crippen molar-refractivity contribution >= 4 is 5.82 Å². The van der Waals surface area contributed by atoms with Crippen molar-refractivity contribution < 1.29 is 4.74 Å². The number of nitrogens with zero attached hydrogens (tertiary/aromatic N) is 2. The molecule has 0 radical (unpaired) electrons. The zero-order chi connectivity index (χ0) is 13.5. The minimum Gasteiger partial charge on any atom is -0.474 e. The van der Waals surface area contributed by atoms with Gasteiger partial charge in [-0.05, 0) is 38.5 Å². The molecule has 0 saturated heterocycles. The van der Waals surface area contributed by atoms with Gasteiger partial charge in [0.2, 0.25) is 5.88 Å². The molecule has 0 unspecified atom stereocenters. The third-order valence-electron chi connectivity index (χ3n) is 3.37. The maximum atomic E-state index is 5.99. The minimum absolute atomic E-state index is 0.350. The number of ether oxygens (including phenoxy) is 1. The quantitative estimate of drug-likeness (QED) is 0.817. The molecule has 4 nitrogen and oxygen atoms in total. The molecule has 1 N–H and O–H groups in total. The van der Waals surface area contributed by atoms with Crippen molar-refractivity contribution in [2.45, 2.75) is 64.9 Å². The number of nitrogens with one attached hydrogen (secondary N) is 1. The van der Waals surface area contributed by atoms with Gasteiger partial charge in [-0.1, -0.05) is 13.8 Å². The van der Waals surface area contributed by atoms with Crippen LogP contribution in [0.25, 0.3) is 0 Å². The highest BCUT2D eigenvalue weighted by molar-refractivity contribution is 5.38. The van der Waals surface area contributed by atoms with Crippen molar-refractivity contribution in [2.24, 2.45) is 0 Å². The van der Waals surface area contributed by atoms with E-state index in [0.29, 0.717) is 6.10 Å². The van der Waals surface area contributed by atoms with Gasteiger partial charge in [0.25, 0.3) is 0 Å². The fraction of sp³-hybridized carbons (Fsp3) is 0.733. The Morgan fingerprint density at radius 1 is 1.21 bits per heavy atom. The van der Waals surface area contributed by atoms with E-state index in [0.717, 1.165) is 56.2 Å². The maximum absolute atomic E-state index is 5.99. The first-order valence-corrected chi connectivity index (χ1v) is 7.60. The van der Waals surface area contributed by atoms with Crippen molar-refractivity contribution in [3.05, 3.63) is 11.9 Å². The van der Waals surface area contributed by atoms with E-state index in [2.05, 4.69) is 29.1 Å². The summed E-state index contributed by atoms with van der Waals surface area (Å²) < 4.78 is 5.99. The first kappa shape index (κ1) is 14.1. The summed E-state index contributed by atoms with van der Waals surface area (Å²) in [5, 5.41) is 3.33. The number of aromatic nitrogens is 2. The molecular weight excluding hydrogens is 238 g/mol. The molecule has 1 aliphatic carbocycles. The fourth-order valence-corrected chi connectivity index (χ4v) is 2.39. The van der Waals surface area contributed by atoms with E-state index in [1.54, 1.807) is 0 Å². The lowest BCUT2D eigenvalue weighted by Gasteiger charge is -2.14. The van der Waals surface area contributed by atoms with Crippen LogP contribution in [0.15, 0.2) is 6.07 Å². The average molecular weight is 263 g/mol. The highest BCUT2D eigenvalue weighted by Gasteiger charge is 2.17. The van der Waals surface area contributed by atoms with Gasteiger partial charge in [-0.15, -0.1) is 0 Å². The summed E-state index contributed by atoms with van der Waals surface area (Å²) in [7, 11) is 0. The van der Waals surface area contributed by atoms with E-state index in [1.807, 2.05) is 6.07 Å². The molecule has 0 bridgehead atoms. The van der Waals surface area contributed by atoms with Gasteiger partial charge in [0.1, 0.15) is 17.7 Å². The Kier molecular flexibility index (Phi) is 5.43. The van der Waals surface area contributed by atoms with Crippen LogP contribution in [0.2, 0.25) is 0 Å². The van der Waals surface area contributed by atoms with Gasteiger partial charge in [-0.3, -0.25) is 0 Å². The van der Waals surface area contributed by atoms with E-state index in [9.17, 15) is 0 Å². The molecule has 4 heteroatoms. The Morgan fingerprint density at radius 3 is 2.68 bits per heavy atom. The van der Waals surface area contributed by atoms with Crippen LogP contribution >= 0.6 is 0 Å². The Morgan fingerprint density at radius 2 is 2.00 bits per heavy atom. The van der Waals surface area contributed by atoms with Gasteiger partial charge in [0, 0.05) is 19.0 Å². The van der Waals surface area contributed by atoms with Gasteiger partial charge in [0.15, 0.2) is 0 Å². The highest BCUT2D eigenvalue weighted by atomic mass is 16.5. The van der Waals surface area contributed by atoms with Crippen molar-refractivity contribution in [2.75, 3.05) is 11.9 Å². The summed E-state index contributed by atoms with van der Waals surface area (Å²) in [4.78, 5) is 9.05. The predicted octanol–water partition coefficient (Wildman–Crippen LogP) is 3.57. The maximum Gasteiger partial charge on any atom is 0.218 e. The molecule has 1 aromatic heterocycles. The van der Waals surface area contributed by atoms with E-state index < -0.39 is 0 Å². The molecule has 1 fully saturated rings. The lowest BCUT2D eigenvalue weighted by molar-refractivity contribution is 0.200. The molecule has 1 saturated carbocycles. The Bertz CT molecular complexity index is 389. The summed E-state index contributed by atoms with van der Waals surface area (Å²) in [5.41, 5.74) is 0. The van der Waals surface area contributed by atoms with Crippen molar-refractivity contribution in [1.82, 2.24) is 9.97 Å². The first-order valence-electron chi connectivity index (χ1n) is 7.60. The van der Waals surface area contributed by atoms with Gasteiger partial charge < -0.3 is 10.1 Å². The smallest absolute Gasteiger partial charge is 0.218 e. The monoisotopic (exact) mass is 263 g/mol. The van der Waals surface area contributed by atoms with Crippen LogP contribution in [0.3, 0.4) is 0 Å². The van der Waals surface area contributed by atoms with Crippen LogP contribution in [0.4, 0.5) is 5.82 Å². The van der Waals surface area contributed by atoms with E-state index in [-0.39, 0.29) is 0 Å². The molecule has 0 aromatic carbocycles. The second-order valence-corrected chi connectivity index (χ2v) is 5.21. The van der Waals surface area contributed by atoms with Gasteiger partial charge in [-0.2, -0.15) is 4.98 Å². The second kappa shape index (κ2) is 7.31. The number of hydrogen-bond donors (Lipinski definition) is 1. The summed E-state index contributed by atoms with van der Waals surface area (Å²) in [6.07, 6.45) is 8.27. The molecule has 1 aliphatic rings. The number of rotatable bonds is 7. The Balaban J connectivity index is 2.07. The lowest BCUT2D eigenvalue weighted by atomic mass is 10.3. The fourth-order valence-electron chi connectivity index (χ4n) is 2.39. The third-order valence-corrected chi connectivity index (χ3v) is 3.37. The minimum atomic E-state index is 0.350. The topological polar surface area (TPSA) is 47.0 Å². The van der Waals surface area contributed by atoms with Crippen LogP contribution < -0.4 is 10.1 Å². The molecule has 0 amide bonds. The van der Waals surface area contributed by atoms with Crippen LogP contribution in [0.1, 0.15) is 58.2 Å². The number of hydrogen-bond acceptors (Lipinski definition) is 4. The number of aryl methyl sites for hydroxylation is 1. The average Bonchev–Trinajstić information content (AvgIpc) is 2.89. The van der Waals surface area contributed by atoms with Crippen LogP contribution in [0.5, 0.6) is 5.88 Å². The molecule has 19 heavy (non-hydrogen) atoms. The third kappa shape index (κ3) is 4.37. The van der Waals surface area contributed by atoms with Crippen LogP contribution in [0, 0.1) is 0 Å². The Labute approximate surface area is 116 Å². The molecular formula is C15H25N3O. The molecule has 0 aliphatic heterocycles. The molecule has 1 aromatic rings. The Hall–Kier alpha value is -1.32. The molecule has 1 heterocycles. The summed E-state index contributed by atoms with van der Waals surface area (Å²) >= 11 is 0. The first-order chi connectivity index (χ1) is 9.31.